The fourth-order valence-electron chi connectivity index (χ4n) is 2.79. The first-order valence-electron chi connectivity index (χ1n) is 6.94. The van der Waals surface area contributed by atoms with Gasteiger partial charge in [0.15, 0.2) is 0 Å². The summed E-state index contributed by atoms with van der Waals surface area (Å²) in [6.07, 6.45) is 2.38. The number of anilines is 1. The Labute approximate surface area is 116 Å². The minimum Gasteiger partial charge on any atom is -0.381 e. The molecule has 18 heavy (non-hydrogen) atoms. The van der Waals surface area contributed by atoms with Crippen molar-refractivity contribution in [3.8, 4) is 0 Å². The van der Waals surface area contributed by atoms with Crippen LogP contribution in [0, 0.1) is 12.3 Å². The normalized spacial score (nSPS) is 22.8. The molecule has 1 heterocycles. The van der Waals surface area contributed by atoms with E-state index < -0.39 is 0 Å². The first-order chi connectivity index (χ1) is 8.52. The number of benzene rings is 1. The van der Waals surface area contributed by atoms with Crippen LogP contribution in [0.1, 0.15) is 38.3 Å². The highest BCUT2D eigenvalue weighted by molar-refractivity contribution is 7.99. The highest BCUT2D eigenvalue weighted by Crippen LogP contribution is 2.35. The largest absolute Gasteiger partial charge is 0.381 e. The Morgan fingerprint density at radius 2 is 2.17 bits per heavy atom. The Morgan fingerprint density at radius 3 is 2.83 bits per heavy atom. The van der Waals surface area contributed by atoms with E-state index in [9.17, 15) is 0 Å². The molecule has 1 aromatic rings. The maximum Gasteiger partial charge on any atom is 0.0404 e. The third kappa shape index (κ3) is 3.23. The van der Waals surface area contributed by atoms with Gasteiger partial charge in [-0.05, 0) is 42.1 Å². The predicted molar refractivity (Wildman–Crippen MR) is 83.7 cm³/mol. The average molecular weight is 263 g/mol. The molecule has 0 saturated carbocycles. The molecule has 0 amide bonds. The quantitative estimate of drug-likeness (QED) is 0.861. The molecule has 2 heteroatoms. The van der Waals surface area contributed by atoms with Gasteiger partial charge in [0.05, 0.1) is 0 Å². The third-order valence-corrected chi connectivity index (χ3v) is 5.32. The Morgan fingerprint density at radius 1 is 1.39 bits per heavy atom. The van der Waals surface area contributed by atoms with Gasteiger partial charge in [-0.3, -0.25) is 0 Å². The average Bonchev–Trinajstić information content (AvgIpc) is 2.30. The van der Waals surface area contributed by atoms with E-state index in [0.717, 1.165) is 6.42 Å². The highest BCUT2D eigenvalue weighted by Gasteiger charge is 2.28. The van der Waals surface area contributed by atoms with Crippen molar-refractivity contribution >= 4 is 17.4 Å². The molecule has 1 saturated heterocycles. The number of hydrogen-bond donors (Lipinski definition) is 1. The van der Waals surface area contributed by atoms with E-state index in [2.05, 4.69) is 63.0 Å². The van der Waals surface area contributed by atoms with Gasteiger partial charge < -0.3 is 5.32 Å². The smallest absolute Gasteiger partial charge is 0.0404 e. The molecule has 0 radical (unpaired) electrons. The molecule has 1 unspecified atom stereocenters. The maximum absolute atomic E-state index is 3.80. The molecule has 1 nitrogen and oxygen atoms in total. The number of thioether (sulfide) groups is 1. The van der Waals surface area contributed by atoms with Crippen LogP contribution in [0.15, 0.2) is 18.2 Å². The van der Waals surface area contributed by atoms with Gasteiger partial charge in [-0.15, -0.1) is 0 Å². The van der Waals surface area contributed by atoms with E-state index in [0.29, 0.717) is 11.5 Å². The van der Waals surface area contributed by atoms with E-state index >= 15 is 0 Å². The SMILES string of the molecule is CCc1cccc(C)c1NC1CSCC(C)(C)C1. The third-order valence-electron chi connectivity index (χ3n) is 3.70. The monoisotopic (exact) mass is 263 g/mol. The Hall–Kier alpha value is -0.630. The zero-order valence-corrected chi connectivity index (χ0v) is 12.9. The fourth-order valence-corrected chi connectivity index (χ4v) is 4.06. The van der Waals surface area contributed by atoms with Crippen LogP contribution in [0.25, 0.3) is 0 Å². The van der Waals surface area contributed by atoms with Gasteiger partial charge in [0.25, 0.3) is 0 Å². The molecule has 2 rings (SSSR count). The van der Waals surface area contributed by atoms with Crippen LogP contribution < -0.4 is 5.32 Å². The molecule has 0 aromatic heterocycles. The first-order valence-corrected chi connectivity index (χ1v) is 8.10. The molecule has 0 aliphatic carbocycles. The lowest BCUT2D eigenvalue weighted by Crippen LogP contribution is -2.35. The summed E-state index contributed by atoms with van der Waals surface area (Å²) in [4.78, 5) is 0. The number of nitrogens with one attached hydrogen (secondary N) is 1. The van der Waals surface area contributed by atoms with Crippen molar-refractivity contribution in [3.05, 3.63) is 29.3 Å². The second-order valence-electron chi connectivity index (χ2n) is 6.19. The number of rotatable bonds is 3. The summed E-state index contributed by atoms with van der Waals surface area (Å²) in [5.74, 6) is 2.53. The Bertz CT molecular complexity index is 412. The molecule has 1 N–H and O–H groups in total. The van der Waals surface area contributed by atoms with Crippen LogP contribution in [0.5, 0.6) is 0 Å². The topological polar surface area (TPSA) is 12.0 Å². The minimum atomic E-state index is 0.468. The van der Waals surface area contributed by atoms with E-state index in [1.54, 1.807) is 0 Å². The van der Waals surface area contributed by atoms with Crippen LogP contribution in [0.2, 0.25) is 0 Å². The van der Waals surface area contributed by atoms with Crippen LogP contribution in [-0.4, -0.2) is 17.5 Å². The van der Waals surface area contributed by atoms with Crippen molar-refractivity contribution in [1.29, 1.82) is 0 Å². The van der Waals surface area contributed by atoms with Crippen LogP contribution in [0.3, 0.4) is 0 Å². The van der Waals surface area contributed by atoms with Gasteiger partial charge in [-0.25, -0.2) is 0 Å². The predicted octanol–water partition coefficient (Wildman–Crippen LogP) is 4.50. The van der Waals surface area contributed by atoms with E-state index in [1.165, 1.54) is 34.7 Å². The maximum atomic E-state index is 3.80. The van der Waals surface area contributed by atoms with Crippen LogP contribution in [-0.2, 0) is 6.42 Å². The highest BCUT2D eigenvalue weighted by atomic mass is 32.2. The molecule has 1 aliphatic heterocycles. The van der Waals surface area contributed by atoms with Crippen molar-refractivity contribution in [2.24, 2.45) is 5.41 Å². The van der Waals surface area contributed by atoms with Crippen LogP contribution in [0.4, 0.5) is 5.69 Å². The summed E-state index contributed by atoms with van der Waals surface area (Å²) in [5.41, 5.74) is 4.67. The Balaban J connectivity index is 2.14. The molecule has 0 spiro atoms. The molecular formula is C16H25NS. The lowest BCUT2D eigenvalue weighted by Gasteiger charge is -2.36. The van der Waals surface area contributed by atoms with Gasteiger partial charge in [0, 0.05) is 17.5 Å². The van der Waals surface area contributed by atoms with Gasteiger partial charge in [0.1, 0.15) is 0 Å². The first kappa shape index (κ1) is 13.8. The second kappa shape index (κ2) is 5.56. The van der Waals surface area contributed by atoms with Gasteiger partial charge in [-0.1, -0.05) is 39.0 Å². The van der Waals surface area contributed by atoms with E-state index in [-0.39, 0.29) is 0 Å². The zero-order valence-electron chi connectivity index (χ0n) is 12.0. The number of hydrogen-bond acceptors (Lipinski definition) is 2. The summed E-state index contributed by atoms with van der Waals surface area (Å²) < 4.78 is 0. The number of aryl methyl sites for hydroxylation is 2. The standard InChI is InChI=1S/C16H25NS/c1-5-13-8-6-7-12(2)15(13)17-14-9-16(3,4)11-18-10-14/h6-8,14,17H,5,9-11H2,1-4H3. The summed E-state index contributed by atoms with van der Waals surface area (Å²) in [7, 11) is 0. The van der Waals surface area contributed by atoms with Crippen molar-refractivity contribution in [3.63, 3.8) is 0 Å². The lowest BCUT2D eigenvalue weighted by molar-refractivity contribution is 0.358. The van der Waals surface area contributed by atoms with Crippen molar-refractivity contribution < 1.29 is 0 Å². The van der Waals surface area contributed by atoms with Crippen molar-refractivity contribution in [2.75, 3.05) is 16.8 Å². The second-order valence-corrected chi connectivity index (χ2v) is 7.22. The molecule has 1 aliphatic rings. The van der Waals surface area contributed by atoms with Crippen molar-refractivity contribution in [2.45, 2.75) is 46.6 Å². The van der Waals surface area contributed by atoms with Gasteiger partial charge in [0.2, 0.25) is 0 Å². The lowest BCUT2D eigenvalue weighted by atomic mass is 9.87. The minimum absolute atomic E-state index is 0.468. The molecule has 1 fully saturated rings. The zero-order chi connectivity index (χ0) is 13.2. The van der Waals surface area contributed by atoms with E-state index in [1.807, 2.05) is 0 Å². The molecular weight excluding hydrogens is 238 g/mol. The van der Waals surface area contributed by atoms with Crippen molar-refractivity contribution in [1.82, 2.24) is 0 Å². The Kier molecular flexibility index (Phi) is 4.26. The molecule has 1 aromatic carbocycles. The molecule has 0 bridgehead atoms. The van der Waals surface area contributed by atoms with E-state index in [4.69, 9.17) is 0 Å². The summed E-state index contributed by atoms with van der Waals surface area (Å²) in [6.45, 7) is 9.21. The van der Waals surface area contributed by atoms with Gasteiger partial charge >= 0.3 is 0 Å². The van der Waals surface area contributed by atoms with Crippen LogP contribution >= 0.6 is 11.8 Å². The number of para-hydroxylation sites is 1. The molecule has 1 atom stereocenters. The summed E-state index contributed by atoms with van der Waals surface area (Å²) >= 11 is 2.09. The summed E-state index contributed by atoms with van der Waals surface area (Å²) in [6, 6.07) is 7.24. The van der Waals surface area contributed by atoms with Gasteiger partial charge in [-0.2, -0.15) is 11.8 Å². The fraction of sp³-hybridized carbons (Fsp3) is 0.625. The summed E-state index contributed by atoms with van der Waals surface area (Å²) in [5, 5.41) is 3.80. The molecule has 100 valence electrons.